The van der Waals surface area contributed by atoms with Crippen molar-refractivity contribution in [3.63, 3.8) is 0 Å². The van der Waals surface area contributed by atoms with E-state index in [9.17, 15) is 13.2 Å². The fourth-order valence-electron chi connectivity index (χ4n) is 2.56. The van der Waals surface area contributed by atoms with Crippen LogP contribution in [-0.4, -0.2) is 43.9 Å². The summed E-state index contributed by atoms with van der Waals surface area (Å²) in [6.45, 7) is 1.13. The molecule has 0 bridgehead atoms. The maximum atomic E-state index is 12.1. The lowest BCUT2D eigenvalue weighted by Gasteiger charge is -2.33. The summed E-state index contributed by atoms with van der Waals surface area (Å²) in [5.41, 5.74) is 5.28. The summed E-state index contributed by atoms with van der Waals surface area (Å²) in [5, 5.41) is 1.74. The first-order valence-electron chi connectivity index (χ1n) is 7.05. The number of hydrogen-bond acceptors (Lipinski definition) is 5. The van der Waals surface area contributed by atoms with Gasteiger partial charge in [0.25, 0.3) is 0 Å². The van der Waals surface area contributed by atoms with E-state index in [-0.39, 0.29) is 11.9 Å². The summed E-state index contributed by atoms with van der Waals surface area (Å²) >= 11 is 1.20. The number of carbonyl (C=O) groups excluding carboxylic acids is 1. The molecule has 2 fully saturated rings. The summed E-state index contributed by atoms with van der Waals surface area (Å²) in [6.07, 6.45) is 2.78. The second-order valence-electron chi connectivity index (χ2n) is 5.78. The van der Waals surface area contributed by atoms with E-state index in [1.807, 2.05) is 0 Å². The maximum Gasteiger partial charge on any atom is 0.250 e. The summed E-state index contributed by atoms with van der Waals surface area (Å²) in [6, 6.07) is 3.20. The van der Waals surface area contributed by atoms with Crippen molar-refractivity contribution in [2.45, 2.75) is 41.5 Å². The van der Waals surface area contributed by atoms with E-state index >= 15 is 0 Å². The molecular weight excluding hydrogens is 310 g/mol. The molecule has 1 saturated carbocycles. The Kier molecular flexibility index (Phi) is 3.81. The van der Waals surface area contributed by atoms with Crippen LogP contribution in [0.5, 0.6) is 0 Å². The molecule has 0 atom stereocenters. The van der Waals surface area contributed by atoms with Crippen LogP contribution in [0, 0.1) is 0 Å². The van der Waals surface area contributed by atoms with Crippen molar-refractivity contribution in [1.29, 1.82) is 0 Å². The van der Waals surface area contributed by atoms with Gasteiger partial charge in [-0.15, -0.1) is 11.3 Å². The van der Waals surface area contributed by atoms with Gasteiger partial charge in [0.2, 0.25) is 15.9 Å². The Morgan fingerprint density at radius 2 is 2.05 bits per heavy atom. The monoisotopic (exact) mass is 329 g/mol. The third-order valence-electron chi connectivity index (χ3n) is 4.08. The van der Waals surface area contributed by atoms with Gasteiger partial charge in [0, 0.05) is 19.1 Å². The van der Waals surface area contributed by atoms with Crippen molar-refractivity contribution in [3.05, 3.63) is 17.5 Å². The van der Waals surface area contributed by atoms with Gasteiger partial charge in [0.15, 0.2) is 0 Å². The molecule has 116 valence electrons. The van der Waals surface area contributed by atoms with Gasteiger partial charge >= 0.3 is 0 Å². The number of amides is 1. The van der Waals surface area contributed by atoms with Crippen LogP contribution in [0.25, 0.3) is 0 Å². The molecule has 3 N–H and O–H groups in total. The zero-order chi connectivity index (χ0) is 15.1. The predicted molar refractivity (Wildman–Crippen MR) is 80.4 cm³/mol. The highest BCUT2D eigenvalue weighted by atomic mass is 32.2. The van der Waals surface area contributed by atoms with Gasteiger partial charge in [0.1, 0.15) is 4.21 Å². The molecule has 8 heteroatoms. The topological polar surface area (TPSA) is 92.5 Å². The molecule has 3 rings (SSSR count). The Morgan fingerprint density at radius 1 is 1.38 bits per heavy atom. The summed E-state index contributed by atoms with van der Waals surface area (Å²) in [4.78, 5) is 13.9. The average Bonchev–Trinajstić information content (AvgIpc) is 2.98. The number of rotatable bonds is 4. The van der Waals surface area contributed by atoms with E-state index < -0.39 is 15.6 Å². The molecule has 0 unspecified atom stereocenters. The molecule has 21 heavy (non-hydrogen) atoms. The quantitative estimate of drug-likeness (QED) is 0.842. The SMILES string of the molecule is NC1(C(=O)N2CCC(NS(=O)(=O)c3cccs3)CC2)CC1. The van der Waals surface area contributed by atoms with Crippen LogP contribution >= 0.6 is 11.3 Å². The van der Waals surface area contributed by atoms with Crippen molar-refractivity contribution >= 4 is 27.3 Å². The Hall–Kier alpha value is -0.960. The standard InChI is InChI=1S/C13H19N3O3S2/c14-13(5-6-13)12(17)16-7-3-10(4-8-16)15-21(18,19)11-2-1-9-20-11/h1-2,9-10,15H,3-8,14H2. The molecule has 1 aromatic rings. The van der Waals surface area contributed by atoms with E-state index in [1.165, 1.54) is 11.3 Å². The largest absolute Gasteiger partial charge is 0.341 e. The second kappa shape index (κ2) is 5.35. The molecular formula is C13H19N3O3S2. The highest BCUT2D eigenvalue weighted by Crippen LogP contribution is 2.34. The van der Waals surface area contributed by atoms with Crippen molar-refractivity contribution in [2.24, 2.45) is 5.73 Å². The minimum absolute atomic E-state index is 0.0158. The van der Waals surface area contributed by atoms with E-state index in [0.29, 0.717) is 30.1 Å². The van der Waals surface area contributed by atoms with Crippen LogP contribution in [0.3, 0.4) is 0 Å². The van der Waals surface area contributed by atoms with E-state index in [2.05, 4.69) is 4.72 Å². The van der Waals surface area contributed by atoms with Crippen LogP contribution in [0.2, 0.25) is 0 Å². The first-order chi connectivity index (χ1) is 9.91. The Balaban J connectivity index is 1.56. The molecule has 6 nitrogen and oxygen atoms in total. The molecule has 2 heterocycles. The fraction of sp³-hybridized carbons (Fsp3) is 0.615. The van der Waals surface area contributed by atoms with E-state index in [4.69, 9.17) is 5.73 Å². The minimum Gasteiger partial charge on any atom is -0.341 e. The van der Waals surface area contributed by atoms with Crippen LogP contribution in [-0.2, 0) is 14.8 Å². The summed E-state index contributed by atoms with van der Waals surface area (Å²) < 4.78 is 27.3. The van der Waals surface area contributed by atoms with Crippen LogP contribution in [0.4, 0.5) is 0 Å². The number of nitrogens with two attached hydrogens (primary N) is 1. The lowest BCUT2D eigenvalue weighted by molar-refractivity contribution is -0.134. The first-order valence-corrected chi connectivity index (χ1v) is 9.41. The number of sulfonamides is 1. The lowest BCUT2D eigenvalue weighted by atomic mass is 10.0. The van der Waals surface area contributed by atoms with Crippen molar-refractivity contribution in [3.8, 4) is 0 Å². The normalized spacial score (nSPS) is 22.2. The summed E-state index contributed by atoms with van der Waals surface area (Å²) in [7, 11) is -3.43. The van der Waals surface area contributed by atoms with Gasteiger partial charge in [-0.2, -0.15) is 0 Å². The molecule has 0 radical (unpaired) electrons. The first kappa shape index (κ1) is 15.0. The van der Waals surface area contributed by atoms with Gasteiger partial charge in [0.05, 0.1) is 5.54 Å². The van der Waals surface area contributed by atoms with Crippen LogP contribution in [0.1, 0.15) is 25.7 Å². The van der Waals surface area contributed by atoms with Gasteiger partial charge in [-0.3, -0.25) is 4.79 Å². The number of likely N-dealkylation sites (tertiary alicyclic amines) is 1. The van der Waals surface area contributed by atoms with Crippen molar-refractivity contribution in [1.82, 2.24) is 9.62 Å². The Morgan fingerprint density at radius 3 is 2.57 bits per heavy atom. The van der Waals surface area contributed by atoms with E-state index in [0.717, 1.165) is 12.8 Å². The van der Waals surface area contributed by atoms with Gasteiger partial charge in [-0.1, -0.05) is 6.07 Å². The lowest BCUT2D eigenvalue weighted by Crippen LogP contribution is -2.51. The Labute approximate surface area is 128 Å². The van der Waals surface area contributed by atoms with Gasteiger partial charge in [-0.25, -0.2) is 13.1 Å². The molecule has 1 aliphatic carbocycles. The minimum atomic E-state index is -3.43. The van der Waals surface area contributed by atoms with Crippen molar-refractivity contribution in [2.75, 3.05) is 13.1 Å². The smallest absolute Gasteiger partial charge is 0.250 e. The molecule has 1 aromatic heterocycles. The second-order valence-corrected chi connectivity index (χ2v) is 8.66. The molecule has 1 saturated heterocycles. The average molecular weight is 329 g/mol. The number of thiophene rings is 1. The van der Waals surface area contributed by atoms with E-state index in [1.54, 1.807) is 22.4 Å². The zero-order valence-corrected chi connectivity index (χ0v) is 13.3. The van der Waals surface area contributed by atoms with Crippen LogP contribution < -0.4 is 10.5 Å². The molecule has 1 aliphatic heterocycles. The fourth-order valence-corrected chi connectivity index (χ4v) is 4.87. The third kappa shape index (κ3) is 3.13. The third-order valence-corrected chi connectivity index (χ3v) is 7.00. The van der Waals surface area contributed by atoms with Gasteiger partial charge < -0.3 is 10.6 Å². The molecule has 0 spiro atoms. The van der Waals surface area contributed by atoms with Gasteiger partial charge in [-0.05, 0) is 37.1 Å². The number of nitrogens with zero attached hydrogens (tertiary/aromatic N) is 1. The van der Waals surface area contributed by atoms with Crippen molar-refractivity contribution < 1.29 is 13.2 Å². The number of nitrogens with one attached hydrogen (secondary N) is 1. The predicted octanol–water partition coefficient (Wildman–Crippen LogP) is 0.509. The van der Waals surface area contributed by atoms with Crippen LogP contribution in [0.15, 0.2) is 21.7 Å². The number of piperidine rings is 1. The molecule has 1 amide bonds. The Bertz CT molecular complexity index is 615. The number of carbonyl (C=O) groups is 1. The highest BCUT2D eigenvalue weighted by molar-refractivity contribution is 7.91. The molecule has 0 aromatic carbocycles. The maximum absolute atomic E-state index is 12.1. The zero-order valence-electron chi connectivity index (χ0n) is 11.6. The number of hydrogen-bond donors (Lipinski definition) is 2. The molecule has 2 aliphatic rings. The highest BCUT2D eigenvalue weighted by Gasteiger charge is 2.48. The summed E-state index contributed by atoms with van der Waals surface area (Å²) in [5.74, 6) is 0.0158.